The minimum atomic E-state index is -0.377. The Morgan fingerprint density at radius 3 is 3.18 bits per heavy atom. The van der Waals surface area contributed by atoms with Crippen molar-refractivity contribution in [2.24, 2.45) is 0 Å². The molecule has 0 spiro atoms. The molecule has 0 radical (unpaired) electrons. The zero-order valence-corrected chi connectivity index (χ0v) is 6.04. The SMILES string of the molecule is O=c1[nH]nc2nccc(Cl)n12. The zero-order chi connectivity index (χ0) is 7.84. The van der Waals surface area contributed by atoms with E-state index in [1.54, 1.807) is 0 Å². The molecule has 0 aliphatic rings. The first-order valence-electron chi connectivity index (χ1n) is 2.86. The van der Waals surface area contributed by atoms with Gasteiger partial charge < -0.3 is 0 Å². The van der Waals surface area contributed by atoms with E-state index in [-0.39, 0.29) is 11.5 Å². The second-order valence-electron chi connectivity index (χ2n) is 1.93. The van der Waals surface area contributed by atoms with Crippen molar-refractivity contribution in [3.05, 3.63) is 27.9 Å². The molecule has 2 aromatic heterocycles. The van der Waals surface area contributed by atoms with Crippen LogP contribution in [0.25, 0.3) is 5.78 Å². The van der Waals surface area contributed by atoms with Crippen LogP contribution in [0.15, 0.2) is 17.1 Å². The molecule has 0 aliphatic heterocycles. The van der Waals surface area contributed by atoms with Crippen molar-refractivity contribution in [2.45, 2.75) is 0 Å². The van der Waals surface area contributed by atoms with Gasteiger partial charge in [-0.25, -0.2) is 19.3 Å². The lowest BCUT2D eigenvalue weighted by atomic mass is 10.7. The molecule has 0 aromatic carbocycles. The molecule has 2 heterocycles. The van der Waals surface area contributed by atoms with Crippen LogP contribution in [0.3, 0.4) is 0 Å². The van der Waals surface area contributed by atoms with Gasteiger partial charge in [-0.2, -0.15) is 0 Å². The van der Waals surface area contributed by atoms with E-state index in [0.717, 1.165) is 0 Å². The molecule has 56 valence electrons. The zero-order valence-electron chi connectivity index (χ0n) is 5.28. The molecule has 2 rings (SSSR count). The van der Waals surface area contributed by atoms with E-state index in [1.807, 2.05) is 0 Å². The summed E-state index contributed by atoms with van der Waals surface area (Å²) in [6.45, 7) is 0. The average molecular weight is 171 g/mol. The van der Waals surface area contributed by atoms with Crippen molar-refractivity contribution in [3.63, 3.8) is 0 Å². The number of H-pyrrole nitrogens is 1. The fraction of sp³-hybridized carbons (Fsp3) is 0. The highest BCUT2D eigenvalue weighted by atomic mass is 35.5. The number of aromatic amines is 1. The first-order chi connectivity index (χ1) is 5.29. The van der Waals surface area contributed by atoms with Gasteiger partial charge in [0.25, 0.3) is 5.78 Å². The number of nitrogens with one attached hydrogen (secondary N) is 1. The van der Waals surface area contributed by atoms with Gasteiger partial charge in [0.05, 0.1) is 0 Å². The highest BCUT2D eigenvalue weighted by Gasteiger charge is 2.02. The maximum Gasteiger partial charge on any atom is 0.350 e. The van der Waals surface area contributed by atoms with Gasteiger partial charge in [-0.3, -0.25) is 0 Å². The van der Waals surface area contributed by atoms with Gasteiger partial charge in [0.1, 0.15) is 5.15 Å². The molecule has 0 atom stereocenters. The molecule has 0 bridgehead atoms. The number of fused-ring (bicyclic) bond motifs is 1. The lowest BCUT2D eigenvalue weighted by Crippen LogP contribution is -2.10. The quantitative estimate of drug-likeness (QED) is 0.569. The summed E-state index contributed by atoms with van der Waals surface area (Å²) in [5.41, 5.74) is -0.377. The molecule has 0 saturated heterocycles. The number of halogens is 1. The van der Waals surface area contributed by atoms with Gasteiger partial charge in [-0.05, 0) is 6.07 Å². The van der Waals surface area contributed by atoms with Crippen LogP contribution in [0.2, 0.25) is 5.15 Å². The van der Waals surface area contributed by atoms with Crippen molar-refractivity contribution in [1.29, 1.82) is 0 Å². The first-order valence-corrected chi connectivity index (χ1v) is 3.24. The first kappa shape index (κ1) is 6.36. The van der Waals surface area contributed by atoms with E-state index < -0.39 is 0 Å². The van der Waals surface area contributed by atoms with E-state index in [4.69, 9.17) is 11.6 Å². The molecule has 0 unspecified atom stereocenters. The van der Waals surface area contributed by atoms with Crippen LogP contribution < -0.4 is 5.69 Å². The summed E-state index contributed by atoms with van der Waals surface area (Å²) in [5.74, 6) is 0.280. The van der Waals surface area contributed by atoms with E-state index in [1.165, 1.54) is 16.7 Å². The molecule has 0 saturated carbocycles. The fourth-order valence-electron chi connectivity index (χ4n) is 0.808. The predicted molar refractivity (Wildman–Crippen MR) is 38.6 cm³/mol. The third kappa shape index (κ3) is 0.813. The summed E-state index contributed by atoms with van der Waals surface area (Å²) in [5, 5.41) is 6.14. The smallest absolute Gasteiger partial charge is 0.246 e. The Balaban J connectivity index is 3.08. The number of aromatic nitrogens is 4. The van der Waals surface area contributed by atoms with Crippen LogP contribution >= 0.6 is 11.6 Å². The molecule has 0 fully saturated rings. The van der Waals surface area contributed by atoms with Crippen LogP contribution in [0.5, 0.6) is 0 Å². The molecule has 11 heavy (non-hydrogen) atoms. The van der Waals surface area contributed by atoms with E-state index >= 15 is 0 Å². The molecule has 6 heteroatoms. The number of nitrogens with zero attached hydrogens (tertiary/aromatic N) is 3. The maximum atomic E-state index is 10.9. The normalized spacial score (nSPS) is 10.6. The predicted octanol–water partition coefficient (Wildman–Crippen LogP) is 0.0710. The average Bonchev–Trinajstić information content (AvgIpc) is 2.34. The summed E-state index contributed by atoms with van der Waals surface area (Å²) in [6, 6.07) is 1.52. The Labute approximate surface area is 65.6 Å². The molecular formula is C5H3ClN4O. The summed E-state index contributed by atoms with van der Waals surface area (Å²) in [6.07, 6.45) is 1.48. The Hall–Kier alpha value is -1.36. The Morgan fingerprint density at radius 2 is 2.45 bits per heavy atom. The van der Waals surface area contributed by atoms with E-state index in [9.17, 15) is 4.79 Å². The molecule has 1 N–H and O–H groups in total. The molecular weight excluding hydrogens is 168 g/mol. The van der Waals surface area contributed by atoms with Crippen LogP contribution in [0, 0.1) is 0 Å². The molecule has 0 amide bonds. The second-order valence-corrected chi connectivity index (χ2v) is 2.32. The van der Waals surface area contributed by atoms with Crippen LogP contribution in [-0.4, -0.2) is 19.6 Å². The summed E-state index contributed by atoms with van der Waals surface area (Å²) >= 11 is 5.67. The van der Waals surface area contributed by atoms with Crippen LogP contribution in [0.4, 0.5) is 0 Å². The minimum absolute atomic E-state index is 0.280. The lowest BCUT2D eigenvalue weighted by Gasteiger charge is -1.90. The van der Waals surface area contributed by atoms with Crippen molar-refractivity contribution < 1.29 is 0 Å². The summed E-state index contributed by atoms with van der Waals surface area (Å²) < 4.78 is 1.18. The summed E-state index contributed by atoms with van der Waals surface area (Å²) in [4.78, 5) is 14.7. The third-order valence-corrected chi connectivity index (χ3v) is 1.57. The lowest BCUT2D eigenvalue weighted by molar-refractivity contribution is 1.02. The van der Waals surface area contributed by atoms with Crippen molar-refractivity contribution in [3.8, 4) is 0 Å². The Morgan fingerprint density at radius 1 is 1.64 bits per heavy atom. The summed E-state index contributed by atoms with van der Waals surface area (Å²) in [7, 11) is 0. The maximum absolute atomic E-state index is 10.9. The molecule has 2 aromatic rings. The number of rotatable bonds is 0. The van der Waals surface area contributed by atoms with Crippen LogP contribution in [-0.2, 0) is 0 Å². The van der Waals surface area contributed by atoms with Gasteiger partial charge >= 0.3 is 5.69 Å². The monoisotopic (exact) mass is 170 g/mol. The standard InChI is InChI=1S/C5H3ClN4O/c6-3-1-2-7-4-8-9-5(11)10(3)4/h1-2H,(H,9,11). The van der Waals surface area contributed by atoms with Gasteiger partial charge in [0.2, 0.25) is 0 Å². The minimum Gasteiger partial charge on any atom is -0.246 e. The Kier molecular flexibility index (Phi) is 1.19. The van der Waals surface area contributed by atoms with Crippen molar-refractivity contribution in [1.82, 2.24) is 19.6 Å². The highest BCUT2D eigenvalue weighted by molar-refractivity contribution is 6.29. The van der Waals surface area contributed by atoms with Crippen molar-refractivity contribution in [2.75, 3.05) is 0 Å². The molecule has 0 aliphatic carbocycles. The van der Waals surface area contributed by atoms with Crippen molar-refractivity contribution >= 4 is 17.4 Å². The largest absolute Gasteiger partial charge is 0.350 e. The topological polar surface area (TPSA) is 63.0 Å². The molecule has 5 nitrogen and oxygen atoms in total. The van der Waals surface area contributed by atoms with E-state index in [0.29, 0.717) is 5.15 Å². The fourth-order valence-corrected chi connectivity index (χ4v) is 1.02. The van der Waals surface area contributed by atoms with Gasteiger partial charge in [0.15, 0.2) is 0 Å². The van der Waals surface area contributed by atoms with Gasteiger partial charge in [0, 0.05) is 6.20 Å². The second kappa shape index (κ2) is 2.06. The number of hydrogen-bond donors (Lipinski definition) is 1. The van der Waals surface area contributed by atoms with Crippen LogP contribution in [0.1, 0.15) is 0 Å². The number of hydrogen-bond acceptors (Lipinski definition) is 3. The van der Waals surface area contributed by atoms with E-state index in [2.05, 4.69) is 15.2 Å². The highest BCUT2D eigenvalue weighted by Crippen LogP contribution is 2.03. The third-order valence-electron chi connectivity index (χ3n) is 1.27. The van der Waals surface area contributed by atoms with Gasteiger partial charge in [-0.15, -0.1) is 5.10 Å². The van der Waals surface area contributed by atoms with Gasteiger partial charge in [-0.1, -0.05) is 11.6 Å². The Bertz CT molecular complexity index is 445.